The second-order valence-corrected chi connectivity index (χ2v) is 5.85. The van der Waals surface area contributed by atoms with Gasteiger partial charge < -0.3 is 5.73 Å². The van der Waals surface area contributed by atoms with E-state index in [0.29, 0.717) is 12.0 Å². The summed E-state index contributed by atoms with van der Waals surface area (Å²) in [6.07, 6.45) is 1.22. The van der Waals surface area contributed by atoms with E-state index in [2.05, 4.69) is 23.3 Å². The number of hydrogen-bond acceptors (Lipinski definition) is 3. The zero-order valence-electron chi connectivity index (χ0n) is 9.36. The number of hydrogen-bond donors (Lipinski definition) is 1. The molecule has 1 aromatic rings. The molecule has 1 saturated heterocycles. The summed E-state index contributed by atoms with van der Waals surface area (Å²) in [7, 11) is 0. The number of likely N-dealkylation sites (tertiary alicyclic amines) is 1. The number of nitrogens with zero attached hydrogens (tertiary/aromatic N) is 1. The minimum atomic E-state index is 0. The van der Waals surface area contributed by atoms with Crippen LogP contribution in [0.3, 0.4) is 0 Å². The molecule has 16 heavy (non-hydrogen) atoms. The van der Waals surface area contributed by atoms with Crippen LogP contribution in [0.1, 0.15) is 18.9 Å². The summed E-state index contributed by atoms with van der Waals surface area (Å²) in [4.78, 5) is 2.48. The molecule has 2 rings (SSSR count). The smallest absolute Gasteiger partial charge is 0.0973 e. The van der Waals surface area contributed by atoms with Gasteiger partial charge in [-0.3, -0.25) is 4.90 Å². The van der Waals surface area contributed by atoms with Gasteiger partial charge in [-0.1, -0.05) is 11.6 Å². The van der Waals surface area contributed by atoms with E-state index in [4.69, 9.17) is 17.3 Å². The van der Waals surface area contributed by atoms with Crippen LogP contribution in [0.2, 0.25) is 4.34 Å². The third-order valence-electron chi connectivity index (χ3n) is 3.19. The van der Waals surface area contributed by atoms with Crippen molar-refractivity contribution in [3.05, 3.63) is 21.3 Å². The van der Waals surface area contributed by atoms with Gasteiger partial charge in [-0.2, -0.15) is 0 Å². The first-order chi connectivity index (χ1) is 7.20. The molecule has 92 valence electrons. The van der Waals surface area contributed by atoms with E-state index < -0.39 is 0 Å². The molecule has 1 aliphatic heterocycles. The predicted octanol–water partition coefficient (Wildman–Crippen LogP) is 2.99. The molecular weight excluding hydrogens is 263 g/mol. The van der Waals surface area contributed by atoms with Crippen LogP contribution in [0.15, 0.2) is 11.4 Å². The first-order valence-corrected chi connectivity index (χ1v) is 6.62. The van der Waals surface area contributed by atoms with Crippen LogP contribution in [0.5, 0.6) is 0 Å². The van der Waals surface area contributed by atoms with Crippen molar-refractivity contribution in [2.24, 2.45) is 11.7 Å². The number of thiophene rings is 1. The maximum absolute atomic E-state index is 6.10. The van der Waals surface area contributed by atoms with Gasteiger partial charge in [0.05, 0.1) is 4.34 Å². The first-order valence-electron chi connectivity index (χ1n) is 5.36. The summed E-state index contributed by atoms with van der Waals surface area (Å²) in [6.45, 7) is 5.16. The van der Waals surface area contributed by atoms with E-state index in [-0.39, 0.29) is 12.4 Å². The van der Waals surface area contributed by atoms with E-state index in [1.54, 1.807) is 11.3 Å². The Morgan fingerprint density at radius 2 is 2.38 bits per heavy atom. The molecule has 1 aliphatic rings. The highest BCUT2D eigenvalue weighted by Crippen LogP contribution is 2.28. The molecule has 0 bridgehead atoms. The van der Waals surface area contributed by atoms with Gasteiger partial charge in [0.15, 0.2) is 0 Å². The lowest BCUT2D eigenvalue weighted by Crippen LogP contribution is -2.27. The third kappa shape index (κ3) is 3.11. The lowest BCUT2D eigenvalue weighted by atomic mass is 10.1. The van der Waals surface area contributed by atoms with Crippen molar-refractivity contribution in [2.45, 2.75) is 25.9 Å². The van der Waals surface area contributed by atoms with E-state index >= 15 is 0 Å². The third-order valence-corrected chi connectivity index (χ3v) is 4.44. The molecule has 2 unspecified atom stereocenters. The monoisotopic (exact) mass is 280 g/mol. The average molecular weight is 281 g/mol. The quantitative estimate of drug-likeness (QED) is 0.923. The number of rotatable bonds is 3. The Kier molecular flexibility index (Phi) is 5.54. The second-order valence-electron chi connectivity index (χ2n) is 4.34. The maximum atomic E-state index is 6.10. The molecule has 0 aliphatic carbocycles. The van der Waals surface area contributed by atoms with Gasteiger partial charge in [-0.15, -0.1) is 23.7 Å². The maximum Gasteiger partial charge on any atom is 0.0973 e. The summed E-state index contributed by atoms with van der Waals surface area (Å²) in [5, 5.41) is 2.05. The van der Waals surface area contributed by atoms with Crippen LogP contribution in [0.25, 0.3) is 0 Å². The molecular formula is C11H18Cl2N2S. The number of halogens is 2. The lowest BCUT2D eigenvalue weighted by Gasteiger charge is -2.20. The van der Waals surface area contributed by atoms with Gasteiger partial charge in [-0.25, -0.2) is 0 Å². The van der Waals surface area contributed by atoms with Crippen molar-refractivity contribution in [3.63, 3.8) is 0 Å². The highest BCUT2D eigenvalue weighted by atomic mass is 35.5. The fourth-order valence-electron chi connectivity index (χ4n) is 2.26. The highest BCUT2D eigenvalue weighted by molar-refractivity contribution is 7.14. The Hall–Kier alpha value is 0.200. The second kappa shape index (κ2) is 6.22. The summed E-state index contributed by atoms with van der Waals surface area (Å²) in [5.74, 6) is 0.664. The lowest BCUT2D eigenvalue weighted by molar-refractivity contribution is 0.256. The van der Waals surface area contributed by atoms with Crippen LogP contribution in [0.4, 0.5) is 0 Å². The minimum absolute atomic E-state index is 0. The van der Waals surface area contributed by atoms with Crippen molar-refractivity contribution in [2.75, 3.05) is 13.1 Å². The SMILES string of the molecule is CC1CC(CN)CN1Cc1ccsc1Cl.Cl. The summed E-state index contributed by atoms with van der Waals surface area (Å²) in [5.41, 5.74) is 6.97. The average Bonchev–Trinajstić information content (AvgIpc) is 2.76. The first kappa shape index (κ1) is 14.3. The molecule has 0 saturated carbocycles. The normalized spacial score (nSPS) is 25.7. The van der Waals surface area contributed by atoms with Gasteiger partial charge >= 0.3 is 0 Å². The fourth-order valence-corrected chi connectivity index (χ4v) is 3.17. The molecule has 2 atom stereocenters. The van der Waals surface area contributed by atoms with E-state index in [1.807, 2.05) is 0 Å². The predicted molar refractivity (Wildman–Crippen MR) is 73.6 cm³/mol. The Morgan fingerprint density at radius 1 is 1.62 bits per heavy atom. The Morgan fingerprint density at radius 3 is 2.88 bits per heavy atom. The van der Waals surface area contributed by atoms with Crippen LogP contribution in [-0.4, -0.2) is 24.0 Å². The highest BCUT2D eigenvalue weighted by Gasteiger charge is 2.28. The molecule has 5 heteroatoms. The summed E-state index contributed by atoms with van der Waals surface area (Å²) in [6, 6.07) is 2.75. The molecule has 2 N–H and O–H groups in total. The van der Waals surface area contributed by atoms with Crippen LogP contribution in [0, 0.1) is 5.92 Å². The van der Waals surface area contributed by atoms with Crippen molar-refractivity contribution in [1.82, 2.24) is 4.90 Å². The zero-order valence-corrected chi connectivity index (χ0v) is 11.7. The van der Waals surface area contributed by atoms with Gasteiger partial charge in [-0.05, 0) is 42.8 Å². The van der Waals surface area contributed by atoms with Crippen LogP contribution >= 0.6 is 35.3 Å². The van der Waals surface area contributed by atoms with E-state index in [1.165, 1.54) is 12.0 Å². The van der Waals surface area contributed by atoms with E-state index in [0.717, 1.165) is 24.0 Å². The van der Waals surface area contributed by atoms with Gasteiger partial charge in [0.1, 0.15) is 0 Å². The number of nitrogens with two attached hydrogens (primary N) is 1. The zero-order chi connectivity index (χ0) is 10.8. The molecule has 2 heterocycles. The summed E-state index contributed by atoms with van der Waals surface area (Å²) >= 11 is 7.71. The van der Waals surface area contributed by atoms with Crippen molar-refractivity contribution < 1.29 is 0 Å². The van der Waals surface area contributed by atoms with Crippen LogP contribution < -0.4 is 5.73 Å². The van der Waals surface area contributed by atoms with Gasteiger partial charge in [0.25, 0.3) is 0 Å². The molecule has 2 nitrogen and oxygen atoms in total. The molecule has 0 aromatic carbocycles. The molecule has 1 fully saturated rings. The van der Waals surface area contributed by atoms with E-state index in [9.17, 15) is 0 Å². The van der Waals surface area contributed by atoms with Crippen LogP contribution in [-0.2, 0) is 6.54 Å². The summed E-state index contributed by atoms with van der Waals surface area (Å²) < 4.78 is 0.929. The standard InChI is InChI=1S/C11H17ClN2S.ClH/c1-8-4-9(5-13)6-14(8)7-10-2-3-15-11(10)12;/h2-3,8-9H,4-7,13H2,1H3;1H. The largest absolute Gasteiger partial charge is 0.330 e. The topological polar surface area (TPSA) is 29.3 Å². The Bertz CT molecular complexity index is 330. The molecule has 0 amide bonds. The van der Waals surface area contributed by atoms with Gasteiger partial charge in [0, 0.05) is 19.1 Å². The Balaban J connectivity index is 0.00000128. The van der Waals surface area contributed by atoms with Crippen molar-refractivity contribution in [3.8, 4) is 0 Å². The Labute approximate surface area is 112 Å². The minimum Gasteiger partial charge on any atom is -0.330 e. The van der Waals surface area contributed by atoms with Gasteiger partial charge in [0.2, 0.25) is 0 Å². The fraction of sp³-hybridized carbons (Fsp3) is 0.636. The van der Waals surface area contributed by atoms with Crippen molar-refractivity contribution >= 4 is 35.3 Å². The molecule has 1 aromatic heterocycles. The molecule has 0 spiro atoms. The molecule has 0 radical (unpaired) electrons. The van der Waals surface area contributed by atoms with Crippen molar-refractivity contribution in [1.29, 1.82) is 0 Å².